The average molecular weight is 482 g/mol. The van der Waals surface area contributed by atoms with Crippen molar-refractivity contribution in [2.75, 3.05) is 17.1 Å². The van der Waals surface area contributed by atoms with Crippen molar-refractivity contribution in [3.63, 3.8) is 0 Å². The second kappa shape index (κ2) is 9.96. The summed E-state index contributed by atoms with van der Waals surface area (Å²) in [5.74, 6) is -0.517. The number of carbonyl (C=O) groups excluding carboxylic acids is 2. The first-order valence-corrected chi connectivity index (χ1v) is 12.0. The molecule has 0 aliphatic rings. The van der Waals surface area contributed by atoms with Crippen LogP contribution in [0.4, 0.5) is 11.4 Å². The topological polar surface area (TPSA) is 114 Å². The van der Waals surface area contributed by atoms with Gasteiger partial charge in [-0.3, -0.25) is 14.3 Å². The molecule has 0 bridgehead atoms. The molecule has 3 aromatic rings. The standard InChI is InChI=1S/C25H27N3O5S/c1-25(2,3)27-24(30)19-12-5-6-13-20(19)26-23(29)17-10-9-11-18(16-17)34(31,32)28-21-14-7-8-15-22(21)33-4/h5-16,28H,1-4H3,(H,26,29)(H,27,30). The van der Waals surface area contributed by atoms with E-state index in [1.165, 1.54) is 31.4 Å². The highest BCUT2D eigenvalue weighted by atomic mass is 32.2. The lowest BCUT2D eigenvalue weighted by molar-refractivity contribution is 0.0920. The monoisotopic (exact) mass is 481 g/mol. The number of hydrogen-bond acceptors (Lipinski definition) is 5. The third-order valence-electron chi connectivity index (χ3n) is 4.67. The fraction of sp³-hybridized carbons (Fsp3) is 0.200. The smallest absolute Gasteiger partial charge is 0.262 e. The van der Waals surface area contributed by atoms with Gasteiger partial charge in [0.05, 0.1) is 28.9 Å². The summed E-state index contributed by atoms with van der Waals surface area (Å²) in [6.07, 6.45) is 0. The van der Waals surface area contributed by atoms with Crippen LogP contribution >= 0.6 is 0 Å². The van der Waals surface area contributed by atoms with Gasteiger partial charge in [-0.05, 0) is 63.2 Å². The highest BCUT2D eigenvalue weighted by Crippen LogP contribution is 2.26. The van der Waals surface area contributed by atoms with Crippen LogP contribution in [0.1, 0.15) is 41.5 Å². The Kier molecular flexibility index (Phi) is 7.26. The van der Waals surface area contributed by atoms with E-state index in [0.29, 0.717) is 17.0 Å². The number of methoxy groups -OCH3 is 1. The predicted octanol–water partition coefficient (Wildman–Crippen LogP) is 4.28. The molecule has 0 saturated heterocycles. The van der Waals surface area contributed by atoms with Crippen molar-refractivity contribution >= 4 is 33.2 Å². The van der Waals surface area contributed by atoms with Gasteiger partial charge in [-0.15, -0.1) is 0 Å². The predicted molar refractivity (Wildman–Crippen MR) is 132 cm³/mol. The van der Waals surface area contributed by atoms with Gasteiger partial charge in [-0.2, -0.15) is 0 Å². The molecule has 0 saturated carbocycles. The Morgan fingerprint density at radius 1 is 0.824 bits per heavy atom. The van der Waals surface area contributed by atoms with Gasteiger partial charge in [0.15, 0.2) is 0 Å². The molecule has 3 N–H and O–H groups in total. The number of rotatable bonds is 7. The van der Waals surface area contributed by atoms with Crippen LogP contribution in [-0.2, 0) is 10.0 Å². The average Bonchev–Trinajstić information content (AvgIpc) is 2.78. The van der Waals surface area contributed by atoms with Crippen molar-refractivity contribution in [2.24, 2.45) is 0 Å². The molecule has 2 amide bonds. The van der Waals surface area contributed by atoms with E-state index in [1.807, 2.05) is 20.8 Å². The molecule has 0 spiro atoms. The van der Waals surface area contributed by atoms with Crippen LogP contribution in [0.15, 0.2) is 77.7 Å². The lowest BCUT2D eigenvalue weighted by Crippen LogP contribution is -2.40. The summed E-state index contributed by atoms with van der Waals surface area (Å²) >= 11 is 0. The van der Waals surface area contributed by atoms with Crippen molar-refractivity contribution in [2.45, 2.75) is 31.2 Å². The number of para-hydroxylation sites is 3. The largest absolute Gasteiger partial charge is 0.495 e. The van der Waals surface area contributed by atoms with E-state index in [9.17, 15) is 18.0 Å². The minimum absolute atomic E-state index is 0.0928. The van der Waals surface area contributed by atoms with Crippen molar-refractivity contribution in [3.8, 4) is 5.75 Å². The van der Waals surface area contributed by atoms with E-state index < -0.39 is 21.5 Å². The number of ether oxygens (including phenoxy) is 1. The maximum Gasteiger partial charge on any atom is 0.262 e. The second-order valence-corrected chi connectivity index (χ2v) is 10.2. The first-order chi connectivity index (χ1) is 16.0. The van der Waals surface area contributed by atoms with Crippen molar-refractivity contribution in [1.82, 2.24) is 5.32 Å². The lowest BCUT2D eigenvalue weighted by atomic mass is 10.1. The number of sulfonamides is 1. The van der Waals surface area contributed by atoms with Crippen LogP contribution in [0.5, 0.6) is 5.75 Å². The zero-order valence-corrected chi connectivity index (χ0v) is 20.2. The second-order valence-electron chi connectivity index (χ2n) is 8.54. The molecule has 34 heavy (non-hydrogen) atoms. The molecule has 9 heteroatoms. The molecule has 0 aliphatic heterocycles. The molecule has 3 aromatic carbocycles. The van der Waals surface area contributed by atoms with Crippen molar-refractivity contribution < 1.29 is 22.7 Å². The molecular weight excluding hydrogens is 454 g/mol. The maximum atomic E-state index is 12.9. The lowest BCUT2D eigenvalue weighted by Gasteiger charge is -2.21. The summed E-state index contributed by atoms with van der Waals surface area (Å²) in [6, 6.07) is 18.9. The van der Waals surface area contributed by atoms with Gasteiger partial charge >= 0.3 is 0 Å². The van der Waals surface area contributed by atoms with Gasteiger partial charge < -0.3 is 15.4 Å². The molecule has 0 unspecified atom stereocenters. The Morgan fingerprint density at radius 2 is 1.47 bits per heavy atom. The highest BCUT2D eigenvalue weighted by molar-refractivity contribution is 7.92. The minimum Gasteiger partial charge on any atom is -0.495 e. The number of anilines is 2. The summed E-state index contributed by atoms with van der Waals surface area (Å²) in [5.41, 5.74) is 0.556. The number of amides is 2. The van der Waals surface area contributed by atoms with Crippen LogP contribution in [0.25, 0.3) is 0 Å². The first-order valence-electron chi connectivity index (χ1n) is 10.5. The van der Waals surface area contributed by atoms with Gasteiger partial charge in [0.25, 0.3) is 21.8 Å². The third-order valence-corrected chi connectivity index (χ3v) is 6.03. The van der Waals surface area contributed by atoms with Crippen LogP contribution in [0, 0.1) is 0 Å². The maximum absolute atomic E-state index is 12.9. The summed E-state index contributed by atoms with van der Waals surface area (Å²) in [6.45, 7) is 5.57. The van der Waals surface area contributed by atoms with Crippen LogP contribution in [0.2, 0.25) is 0 Å². The fourth-order valence-electron chi connectivity index (χ4n) is 3.13. The SMILES string of the molecule is COc1ccccc1NS(=O)(=O)c1cccc(C(=O)Nc2ccccc2C(=O)NC(C)(C)C)c1. The number of nitrogens with one attached hydrogen (secondary N) is 3. The summed E-state index contributed by atoms with van der Waals surface area (Å²) < 4.78 is 33.5. The van der Waals surface area contributed by atoms with Crippen molar-refractivity contribution in [3.05, 3.63) is 83.9 Å². The van der Waals surface area contributed by atoms with Gasteiger partial charge in [-0.1, -0.05) is 30.3 Å². The summed E-state index contributed by atoms with van der Waals surface area (Å²) in [5, 5.41) is 5.57. The normalized spacial score (nSPS) is 11.4. The van der Waals surface area contributed by atoms with Gasteiger partial charge in [-0.25, -0.2) is 8.42 Å². The number of benzene rings is 3. The van der Waals surface area contributed by atoms with Crippen LogP contribution in [-0.4, -0.2) is 32.9 Å². The molecule has 178 valence electrons. The zero-order chi connectivity index (χ0) is 24.9. The summed E-state index contributed by atoms with van der Waals surface area (Å²) in [7, 11) is -2.55. The number of carbonyl (C=O) groups is 2. The van der Waals surface area contributed by atoms with E-state index in [0.717, 1.165) is 0 Å². The molecular formula is C25H27N3O5S. The molecule has 3 rings (SSSR count). The highest BCUT2D eigenvalue weighted by Gasteiger charge is 2.21. The minimum atomic E-state index is -3.99. The quantitative estimate of drug-likeness (QED) is 0.466. The van der Waals surface area contributed by atoms with Gasteiger partial charge in [0, 0.05) is 11.1 Å². The molecule has 8 nitrogen and oxygen atoms in total. The molecule has 0 fully saturated rings. The van der Waals surface area contributed by atoms with Gasteiger partial charge in [0.1, 0.15) is 5.75 Å². The Hall–Kier alpha value is -3.85. The Bertz CT molecular complexity index is 1310. The van der Waals surface area contributed by atoms with Crippen LogP contribution in [0.3, 0.4) is 0 Å². The fourth-order valence-corrected chi connectivity index (χ4v) is 4.25. The van der Waals surface area contributed by atoms with E-state index in [4.69, 9.17) is 4.74 Å². The van der Waals surface area contributed by atoms with E-state index in [-0.39, 0.29) is 22.1 Å². The molecule has 0 heterocycles. The molecule has 0 aromatic heterocycles. The van der Waals surface area contributed by atoms with E-state index in [1.54, 1.807) is 48.5 Å². The first kappa shape index (κ1) is 24.8. The van der Waals surface area contributed by atoms with Gasteiger partial charge in [0.2, 0.25) is 0 Å². The number of hydrogen-bond donors (Lipinski definition) is 3. The van der Waals surface area contributed by atoms with Crippen LogP contribution < -0.4 is 20.1 Å². The van der Waals surface area contributed by atoms with E-state index >= 15 is 0 Å². The zero-order valence-electron chi connectivity index (χ0n) is 19.4. The molecule has 0 radical (unpaired) electrons. The molecule has 0 atom stereocenters. The Balaban J connectivity index is 1.84. The molecule has 0 aliphatic carbocycles. The third kappa shape index (κ3) is 6.14. The Morgan fingerprint density at radius 3 is 2.15 bits per heavy atom. The summed E-state index contributed by atoms with van der Waals surface area (Å²) in [4.78, 5) is 25.5. The van der Waals surface area contributed by atoms with E-state index in [2.05, 4.69) is 15.4 Å². The Labute approximate surface area is 199 Å². The van der Waals surface area contributed by atoms with Crippen molar-refractivity contribution in [1.29, 1.82) is 0 Å².